The lowest BCUT2D eigenvalue weighted by Gasteiger charge is -2.30. The van der Waals surface area contributed by atoms with E-state index in [0.29, 0.717) is 17.6 Å². The SMILES string of the molecule is Cc1cccc(C)c1-c1cc(Oc2ccc(C3CN(C)CCO3)cc2)nc(NSc2cnn(C)c2)n1. The molecule has 0 aliphatic carbocycles. The van der Waals surface area contributed by atoms with Crippen molar-refractivity contribution in [2.45, 2.75) is 24.8 Å². The third-order valence-electron chi connectivity index (χ3n) is 6.13. The van der Waals surface area contributed by atoms with Crippen LogP contribution in [0.3, 0.4) is 0 Å². The van der Waals surface area contributed by atoms with E-state index in [9.17, 15) is 0 Å². The van der Waals surface area contributed by atoms with Gasteiger partial charge < -0.3 is 14.4 Å². The molecule has 0 radical (unpaired) electrons. The van der Waals surface area contributed by atoms with E-state index in [-0.39, 0.29) is 6.10 Å². The van der Waals surface area contributed by atoms with E-state index in [1.165, 1.54) is 11.9 Å². The number of hydrogen-bond donors (Lipinski definition) is 1. The first-order valence-corrected chi connectivity index (χ1v) is 12.7. The van der Waals surface area contributed by atoms with Crippen molar-refractivity contribution >= 4 is 17.9 Å². The summed E-state index contributed by atoms with van der Waals surface area (Å²) in [6.45, 7) is 6.77. The first-order valence-electron chi connectivity index (χ1n) is 11.9. The van der Waals surface area contributed by atoms with Crippen LogP contribution in [0.25, 0.3) is 11.3 Å². The van der Waals surface area contributed by atoms with Crippen molar-refractivity contribution in [1.29, 1.82) is 0 Å². The van der Waals surface area contributed by atoms with Crippen molar-refractivity contribution in [3.05, 3.63) is 77.6 Å². The fourth-order valence-corrected chi connectivity index (χ4v) is 4.88. The number of nitrogens with one attached hydrogen (secondary N) is 1. The molecule has 9 heteroatoms. The number of benzene rings is 2. The Bertz CT molecular complexity index is 1320. The number of ether oxygens (including phenoxy) is 2. The van der Waals surface area contributed by atoms with Gasteiger partial charge in [-0.3, -0.25) is 9.40 Å². The maximum absolute atomic E-state index is 6.21. The van der Waals surface area contributed by atoms with Crippen LogP contribution in [0.2, 0.25) is 0 Å². The normalized spacial score (nSPS) is 16.2. The molecular weight excluding hydrogens is 472 g/mol. The predicted molar refractivity (Wildman–Crippen MR) is 142 cm³/mol. The van der Waals surface area contributed by atoms with Crippen molar-refractivity contribution in [1.82, 2.24) is 24.6 Å². The smallest absolute Gasteiger partial charge is 0.237 e. The molecule has 0 saturated carbocycles. The molecule has 8 nitrogen and oxygen atoms in total. The second kappa shape index (κ2) is 10.7. The van der Waals surface area contributed by atoms with E-state index >= 15 is 0 Å². The molecule has 36 heavy (non-hydrogen) atoms. The van der Waals surface area contributed by atoms with Crippen LogP contribution < -0.4 is 9.46 Å². The third kappa shape index (κ3) is 5.70. The number of morpholine rings is 1. The van der Waals surface area contributed by atoms with Crippen LogP contribution in [0, 0.1) is 13.8 Å². The summed E-state index contributed by atoms with van der Waals surface area (Å²) in [5.41, 5.74) is 5.32. The summed E-state index contributed by atoms with van der Waals surface area (Å²) in [5, 5.41) is 4.21. The van der Waals surface area contributed by atoms with E-state index < -0.39 is 0 Å². The molecule has 1 saturated heterocycles. The number of anilines is 1. The van der Waals surface area contributed by atoms with Crippen molar-refractivity contribution in [2.24, 2.45) is 7.05 Å². The molecule has 1 fully saturated rings. The minimum absolute atomic E-state index is 0.0767. The Morgan fingerprint density at radius 3 is 2.53 bits per heavy atom. The lowest BCUT2D eigenvalue weighted by molar-refractivity contribution is -0.0209. The van der Waals surface area contributed by atoms with Crippen LogP contribution in [0.5, 0.6) is 11.6 Å². The monoisotopic (exact) mass is 502 g/mol. The predicted octanol–water partition coefficient (Wildman–Crippen LogP) is 5.41. The van der Waals surface area contributed by atoms with Crippen LogP contribution in [0.4, 0.5) is 5.95 Å². The summed E-state index contributed by atoms with van der Waals surface area (Å²) in [6, 6.07) is 16.2. The van der Waals surface area contributed by atoms with E-state index in [1.807, 2.05) is 31.4 Å². The molecule has 186 valence electrons. The van der Waals surface area contributed by atoms with Crippen LogP contribution in [0.15, 0.2) is 65.8 Å². The molecule has 3 heterocycles. The van der Waals surface area contributed by atoms with Crippen LogP contribution in [0.1, 0.15) is 22.8 Å². The zero-order chi connectivity index (χ0) is 25.1. The molecule has 4 aromatic rings. The van der Waals surface area contributed by atoms with Crippen LogP contribution in [-0.2, 0) is 11.8 Å². The van der Waals surface area contributed by atoms with Gasteiger partial charge in [-0.15, -0.1) is 0 Å². The molecule has 2 aromatic carbocycles. The summed E-state index contributed by atoms with van der Waals surface area (Å²) in [6.07, 6.45) is 3.80. The highest BCUT2D eigenvalue weighted by molar-refractivity contribution is 8.00. The average Bonchev–Trinajstić information content (AvgIpc) is 3.28. The number of aromatic nitrogens is 4. The molecule has 1 aliphatic heterocycles. The van der Waals surface area contributed by atoms with Crippen molar-refractivity contribution in [2.75, 3.05) is 31.5 Å². The van der Waals surface area contributed by atoms with Crippen molar-refractivity contribution < 1.29 is 9.47 Å². The maximum Gasteiger partial charge on any atom is 0.237 e. The quantitative estimate of drug-likeness (QED) is 0.336. The lowest BCUT2D eigenvalue weighted by Crippen LogP contribution is -2.35. The summed E-state index contributed by atoms with van der Waals surface area (Å²) in [7, 11) is 4.01. The van der Waals surface area contributed by atoms with Crippen molar-refractivity contribution in [3.63, 3.8) is 0 Å². The molecule has 1 unspecified atom stereocenters. The van der Waals surface area contributed by atoms with Gasteiger partial charge in [0.2, 0.25) is 11.8 Å². The molecule has 0 spiro atoms. The first kappa shape index (κ1) is 24.3. The number of hydrogen-bond acceptors (Lipinski definition) is 8. The van der Waals surface area contributed by atoms with E-state index in [0.717, 1.165) is 52.5 Å². The second-order valence-corrected chi connectivity index (χ2v) is 9.91. The first-order chi connectivity index (χ1) is 17.4. The standard InChI is InChI=1S/C27H30N6O2S/c1-18-6-5-7-19(2)26(18)23-14-25(30-27(29-23)31-36-22-15-28-33(4)16-22)35-21-10-8-20(9-11-21)24-17-32(3)12-13-34-24/h5-11,14-16,24H,12-13,17H2,1-4H3,(H,29,30,31). The molecule has 0 bridgehead atoms. The highest BCUT2D eigenvalue weighted by Gasteiger charge is 2.19. The number of nitrogens with zero attached hydrogens (tertiary/aromatic N) is 5. The number of likely N-dealkylation sites (N-methyl/N-ethyl adjacent to an activating group) is 1. The average molecular weight is 503 g/mol. The minimum atomic E-state index is 0.0767. The Kier molecular flexibility index (Phi) is 7.22. The Morgan fingerprint density at radius 1 is 1.06 bits per heavy atom. The van der Waals surface area contributed by atoms with Gasteiger partial charge in [0.25, 0.3) is 0 Å². The third-order valence-corrected chi connectivity index (χ3v) is 6.86. The molecule has 5 rings (SSSR count). The highest BCUT2D eigenvalue weighted by Crippen LogP contribution is 2.32. The van der Waals surface area contributed by atoms with Gasteiger partial charge in [-0.05, 0) is 61.7 Å². The molecular formula is C27H30N6O2S. The molecule has 1 aliphatic rings. The number of aryl methyl sites for hydroxylation is 3. The van der Waals surface area contributed by atoms with Crippen LogP contribution >= 0.6 is 11.9 Å². The van der Waals surface area contributed by atoms with E-state index in [2.05, 4.69) is 70.9 Å². The lowest BCUT2D eigenvalue weighted by atomic mass is 10.00. The van der Waals surface area contributed by atoms with Gasteiger partial charge in [-0.1, -0.05) is 30.3 Å². The van der Waals surface area contributed by atoms with Gasteiger partial charge in [-0.25, -0.2) is 4.98 Å². The fourth-order valence-electron chi connectivity index (χ4n) is 4.28. The molecule has 2 aromatic heterocycles. The minimum Gasteiger partial charge on any atom is -0.439 e. The number of rotatable bonds is 7. The van der Waals surface area contributed by atoms with Gasteiger partial charge in [0.1, 0.15) is 5.75 Å². The fraction of sp³-hybridized carbons (Fsp3) is 0.296. The van der Waals surface area contributed by atoms with Gasteiger partial charge in [0.05, 0.1) is 29.5 Å². The molecule has 0 amide bonds. The highest BCUT2D eigenvalue weighted by atomic mass is 32.2. The zero-order valence-corrected chi connectivity index (χ0v) is 21.7. The Labute approximate surface area is 215 Å². The van der Waals surface area contributed by atoms with E-state index in [4.69, 9.17) is 14.5 Å². The Morgan fingerprint density at radius 2 is 1.83 bits per heavy atom. The summed E-state index contributed by atoms with van der Waals surface area (Å²) >= 11 is 1.41. The zero-order valence-electron chi connectivity index (χ0n) is 20.9. The molecule has 1 N–H and O–H groups in total. The topological polar surface area (TPSA) is 77.3 Å². The van der Waals surface area contributed by atoms with Gasteiger partial charge in [0.15, 0.2) is 0 Å². The van der Waals surface area contributed by atoms with Gasteiger partial charge in [-0.2, -0.15) is 10.1 Å². The van der Waals surface area contributed by atoms with Crippen molar-refractivity contribution in [3.8, 4) is 22.9 Å². The Balaban J connectivity index is 1.41. The summed E-state index contributed by atoms with van der Waals surface area (Å²) in [4.78, 5) is 12.7. The maximum atomic E-state index is 6.21. The van der Waals surface area contributed by atoms with E-state index in [1.54, 1.807) is 10.9 Å². The summed E-state index contributed by atoms with van der Waals surface area (Å²) < 4.78 is 17.2. The largest absolute Gasteiger partial charge is 0.439 e. The Hall–Kier alpha value is -3.40. The molecule has 1 atom stereocenters. The summed E-state index contributed by atoms with van der Waals surface area (Å²) in [5.74, 6) is 1.65. The second-order valence-electron chi connectivity index (χ2n) is 9.03. The van der Waals surface area contributed by atoms with Gasteiger partial charge in [0, 0.05) is 38.0 Å². The van der Waals surface area contributed by atoms with Gasteiger partial charge >= 0.3 is 0 Å². The van der Waals surface area contributed by atoms with Crippen LogP contribution in [-0.4, -0.2) is 51.4 Å².